The van der Waals surface area contributed by atoms with Crippen LogP contribution in [0, 0.1) is 0 Å². The van der Waals surface area contributed by atoms with E-state index in [1.165, 1.54) is 12.7 Å². The molecule has 3 aromatic rings. The first-order valence-corrected chi connectivity index (χ1v) is 6.20. The summed E-state index contributed by atoms with van der Waals surface area (Å²) < 4.78 is 0. The van der Waals surface area contributed by atoms with E-state index in [1.807, 2.05) is 18.2 Å². The normalized spacial score (nSPS) is 11.7. The van der Waals surface area contributed by atoms with Crippen LogP contribution >= 0.6 is 0 Å². The smallest absolute Gasteiger partial charge is 0.178 e. The molecule has 0 amide bonds. The average Bonchev–Trinajstić information content (AvgIpc) is 3.18. The molecule has 102 valence electrons. The highest BCUT2D eigenvalue weighted by Gasteiger charge is 2.36. The van der Waals surface area contributed by atoms with Crippen molar-refractivity contribution < 1.29 is 0 Å². The SMILES string of the molecule is NC(CCc1ccccn1)(c1nc[nH]n1)c1nc[nH]n1. The summed E-state index contributed by atoms with van der Waals surface area (Å²) in [5.41, 5.74) is 6.46. The molecule has 0 atom stereocenters. The van der Waals surface area contributed by atoms with Crippen LogP contribution in [0.2, 0.25) is 0 Å². The zero-order valence-electron chi connectivity index (χ0n) is 10.7. The molecular formula is C12H14N8. The Morgan fingerprint density at radius 3 is 2.20 bits per heavy atom. The number of aromatic amines is 2. The molecule has 8 nitrogen and oxygen atoms in total. The van der Waals surface area contributed by atoms with E-state index in [9.17, 15) is 0 Å². The Balaban J connectivity index is 1.87. The topological polar surface area (TPSA) is 122 Å². The van der Waals surface area contributed by atoms with Gasteiger partial charge in [-0.15, -0.1) is 0 Å². The van der Waals surface area contributed by atoms with Gasteiger partial charge in [0.1, 0.15) is 18.2 Å². The first-order valence-electron chi connectivity index (χ1n) is 6.20. The van der Waals surface area contributed by atoms with Crippen molar-refractivity contribution in [2.24, 2.45) is 5.73 Å². The van der Waals surface area contributed by atoms with Crippen molar-refractivity contribution in [3.8, 4) is 0 Å². The molecule has 3 heterocycles. The van der Waals surface area contributed by atoms with Gasteiger partial charge in [-0.3, -0.25) is 15.2 Å². The van der Waals surface area contributed by atoms with Gasteiger partial charge in [-0.05, 0) is 25.0 Å². The molecule has 0 saturated heterocycles. The molecule has 3 rings (SSSR count). The van der Waals surface area contributed by atoms with Crippen LogP contribution in [0.15, 0.2) is 37.1 Å². The number of aromatic nitrogens is 7. The van der Waals surface area contributed by atoms with Crippen molar-refractivity contribution in [3.05, 3.63) is 54.4 Å². The lowest BCUT2D eigenvalue weighted by Crippen LogP contribution is -2.41. The van der Waals surface area contributed by atoms with E-state index in [4.69, 9.17) is 5.73 Å². The van der Waals surface area contributed by atoms with Gasteiger partial charge in [0.25, 0.3) is 0 Å². The Kier molecular flexibility index (Phi) is 3.21. The molecule has 0 aliphatic rings. The van der Waals surface area contributed by atoms with Gasteiger partial charge in [0, 0.05) is 11.9 Å². The first kappa shape index (κ1) is 12.4. The second kappa shape index (κ2) is 5.17. The second-order valence-electron chi connectivity index (χ2n) is 4.44. The Labute approximate surface area is 114 Å². The number of hydrogen-bond donors (Lipinski definition) is 3. The lowest BCUT2D eigenvalue weighted by molar-refractivity contribution is 0.436. The lowest BCUT2D eigenvalue weighted by atomic mass is 9.91. The van der Waals surface area contributed by atoms with E-state index in [2.05, 4.69) is 35.3 Å². The summed E-state index contributed by atoms with van der Waals surface area (Å²) in [6.45, 7) is 0. The largest absolute Gasteiger partial charge is 0.312 e. The minimum Gasteiger partial charge on any atom is -0.312 e. The molecule has 20 heavy (non-hydrogen) atoms. The van der Waals surface area contributed by atoms with E-state index in [0.717, 1.165) is 5.69 Å². The van der Waals surface area contributed by atoms with Gasteiger partial charge in [-0.25, -0.2) is 9.97 Å². The number of nitrogens with one attached hydrogen (secondary N) is 2. The van der Waals surface area contributed by atoms with Gasteiger partial charge in [-0.2, -0.15) is 10.2 Å². The van der Waals surface area contributed by atoms with Gasteiger partial charge in [0.05, 0.1) is 0 Å². The standard InChI is InChI=1S/C12H14N8/c13-12(10-15-7-17-19-10,11-16-8-18-20-11)5-4-9-3-1-2-6-14-9/h1-3,6-8H,4-5,13H2,(H,15,17,19)(H,16,18,20). The molecule has 0 aliphatic carbocycles. The summed E-state index contributed by atoms with van der Waals surface area (Å²) in [6.07, 6.45) is 5.97. The number of pyridine rings is 1. The number of rotatable bonds is 5. The van der Waals surface area contributed by atoms with Crippen molar-refractivity contribution in [1.82, 2.24) is 35.3 Å². The van der Waals surface area contributed by atoms with Gasteiger partial charge < -0.3 is 5.73 Å². The van der Waals surface area contributed by atoms with Crippen LogP contribution in [-0.2, 0) is 12.0 Å². The summed E-state index contributed by atoms with van der Waals surface area (Å²) in [5.74, 6) is 0.932. The minimum atomic E-state index is -0.947. The van der Waals surface area contributed by atoms with Gasteiger partial charge in [0.15, 0.2) is 11.6 Å². The number of nitrogens with two attached hydrogens (primary N) is 1. The van der Waals surface area contributed by atoms with Crippen LogP contribution in [0.4, 0.5) is 0 Å². The lowest BCUT2D eigenvalue weighted by Gasteiger charge is -2.22. The summed E-state index contributed by atoms with van der Waals surface area (Å²) >= 11 is 0. The molecular weight excluding hydrogens is 256 g/mol. The molecule has 0 saturated carbocycles. The Morgan fingerprint density at radius 1 is 1.00 bits per heavy atom. The molecule has 8 heteroatoms. The maximum Gasteiger partial charge on any atom is 0.178 e. The van der Waals surface area contributed by atoms with Crippen molar-refractivity contribution >= 4 is 0 Å². The molecule has 4 N–H and O–H groups in total. The summed E-state index contributed by atoms with van der Waals surface area (Å²) in [6, 6.07) is 5.78. The van der Waals surface area contributed by atoms with Gasteiger partial charge in [0.2, 0.25) is 0 Å². The third-order valence-electron chi connectivity index (χ3n) is 3.13. The number of hydrogen-bond acceptors (Lipinski definition) is 6. The molecule has 0 radical (unpaired) electrons. The van der Waals surface area contributed by atoms with E-state index in [-0.39, 0.29) is 0 Å². The van der Waals surface area contributed by atoms with Crippen LogP contribution in [0.3, 0.4) is 0 Å². The van der Waals surface area contributed by atoms with E-state index in [0.29, 0.717) is 24.5 Å². The number of aryl methyl sites for hydroxylation is 1. The third kappa shape index (κ3) is 2.28. The quantitative estimate of drug-likeness (QED) is 0.606. The highest BCUT2D eigenvalue weighted by Crippen LogP contribution is 2.25. The van der Waals surface area contributed by atoms with Crippen LogP contribution < -0.4 is 5.73 Å². The van der Waals surface area contributed by atoms with E-state index >= 15 is 0 Å². The second-order valence-corrected chi connectivity index (χ2v) is 4.44. The Hall–Kier alpha value is -2.61. The molecule has 0 spiro atoms. The van der Waals surface area contributed by atoms with Crippen molar-refractivity contribution in [3.63, 3.8) is 0 Å². The van der Waals surface area contributed by atoms with E-state index < -0.39 is 5.54 Å². The average molecular weight is 270 g/mol. The molecule has 0 fully saturated rings. The number of nitrogens with zero attached hydrogens (tertiary/aromatic N) is 5. The van der Waals surface area contributed by atoms with Gasteiger partial charge >= 0.3 is 0 Å². The van der Waals surface area contributed by atoms with Crippen molar-refractivity contribution in [1.29, 1.82) is 0 Å². The van der Waals surface area contributed by atoms with Crippen molar-refractivity contribution in [2.75, 3.05) is 0 Å². The Bertz CT molecular complexity index is 597. The third-order valence-corrected chi connectivity index (χ3v) is 3.13. The molecule has 3 aromatic heterocycles. The fraction of sp³-hybridized carbons (Fsp3) is 0.250. The van der Waals surface area contributed by atoms with Crippen LogP contribution in [0.5, 0.6) is 0 Å². The highest BCUT2D eigenvalue weighted by molar-refractivity contribution is 5.18. The predicted octanol–water partition coefficient (Wildman–Crippen LogP) is 0.153. The number of H-pyrrole nitrogens is 2. The van der Waals surface area contributed by atoms with E-state index in [1.54, 1.807) is 6.20 Å². The highest BCUT2D eigenvalue weighted by atomic mass is 15.3. The summed E-state index contributed by atoms with van der Waals surface area (Å²) in [5, 5.41) is 13.5. The predicted molar refractivity (Wildman–Crippen MR) is 70.3 cm³/mol. The first-order chi connectivity index (χ1) is 9.79. The fourth-order valence-corrected chi connectivity index (χ4v) is 2.04. The molecule has 0 aliphatic heterocycles. The minimum absolute atomic E-state index is 0.466. The van der Waals surface area contributed by atoms with Crippen LogP contribution in [0.25, 0.3) is 0 Å². The Morgan fingerprint density at radius 2 is 1.70 bits per heavy atom. The maximum atomic E-state index is 6.46. The zero-order valence-corrected chi connectivity index (χ0v) is 10.7. The zero-order chi connectivity index (χ0) is 13.8. The summed E-state index contributed by atoms with van der Waals surface area (Å²) in [7, 11) is 0. The summed E-state index contributed by atoms with van der Waals surface area (Å²) in [4.78, 5) is 12.6. The van der Waals surface area contributed by atoms with Crippen molar-refractivity contribution in [2.45, 2.75) is 18.4 Å². The fourth-order valence-electron chi connectivity index (χ4n) is 2.04. The maximum absolute atomic E-state index is 6.46. The van der Waals surface area contributed by atoms with Crippen LogP contribution in [0.1, 0.15) is 23.8 Å². The van der Waals surface area contributed by atoms with Gasteiger partial charge in [-0.1, -0.05) is 6.07 Å². The van der Waals surface area contributed by atoms with Crippen LogP contribution in [-0.4, -0.2) is 35.3 Å². The monoisotopic (exact) mass is 270 g/mol. The molecule has 0 bridgehead atoms. The molecule has 0 aromatic carbocycles. The molecule has 0 unspecified atom stereocenters.